The predicted molar refractivity (Wildman–Crippen MR) is 75.1 cm³/mol. The third-order valence-electron chi connectivity index (χ3n) is 2.95. The molecular formula is C15H25NO2. The van der Waals surface area contributed by atoms with E-state index in [-0.39, 0.29) is 12.1 Å². The fourth-order valence-corrected chi connectivity index (χ4v) is 1.90. The summed E-state index contributed by atoms with van der Waals surface area (Å²) in [7, 11) is 1.68. The zero-order chi connectivity index (χ0) is 13.5. The lowest BCUT2D eigenvalue weighted by atomic mass is 10.0. The first-order chi connectivity index (χ1) is 8.56. The minimum absolute atomic E-state index is 0.0503. The molecule has 0 aliphatic heterocycles. The molecule has 18 heavy (non-hydrogen) atoms. The van der Waals surface area contributed by atoms with Crippen LogP contribution in [0.1, 0.15) is 31.4 Å². The Hall–Kier alpha value is -1.06. The van der Waals surface area contributed by atoms with Crippen LogP contribution in [0, 0.1) is 6.92 Å². The number of aryl methyl sites for hydroxylation is 1. The molecule has 2 atom stereocenters. The standard InChI is InChI=1S/C15H25NO2/c1-5-14(16)9-13-8-11(2)6-7-15(13)18-12(3)10-17-4/h6-8,12,14H,5,9-10,16H2,1-4H3. The molecule has 0 bridgehead atoms. The van der Waals surface area contributed by atoms with Crippen LogP contribution in [0.2, 0.25) is 0 Å². The van der Waals surface area contributed by atoms with Crippen molar-refractivity contribution in [2.75, 3.05) is 13.7 Å². The van der Waals surface area contributed by atoms with Crippen LogP contribution >= 0.6 is 0 Å². The van der Waals surface area contributed by atoms with E-state index in [1.165, 1.54) is 11.1 Å². The van der Waals surface area contributed by atoms with Crippen LogP contribution in [0.4, 0.5) is 0 Å². The van der Waals surface area contributed by atoms with E-state index in [0.717, 1.165) is 18.6 Å². The van der Waals surface area contributed by atoms with Crippen molar-refractivity contribution in [3.8, 4) is 5.75 Å². The van der Waals surface area contributed by atoms with E-state index in [9.17, 15) is 0 Å². The number of rotatable bonds is 7. The number of hydrogen-bond acceptors (Lipinski definition) is 3. The topological polar surface area (TPSA) is 44.5 Å². The summed E-state index contributed by atoms with van der Waals surface area (Å²) in [5.41, 5.74) is 8.46. The Morgan fingerprint density at radius 3 is 2.67 bits per heavy atom. The summed E-state index contributed by atoms with van der Waals surface area (Å²) < 4.78 is 11.0. The molecule has 0 heterocycles. The largest absolute Gasteiger partial charge is 0.488 e. The summed E-state index contributed by atoms with van der Waals surface area (Å²) in [4.78, 5) is 0. The van der Waals surface area contributed by atoms with Gasteiger partial charge >= 0.3 is 0 Å². The number of ether oxygens (including phenoxy) is 2. The van der Waals surface area contributed by atoms with E-state index in [0.29, 0.717) is 6.61 Å². The van der Waals surface area contributed by atoms with Crippen molar-refractivity contribution in [1.82, 2.24) is 0 Å². The first kappa shape index (κ1) is 15.0. The van der Waals surface area contributed by atoms with Crippen molar-refractivity contribution in [2.24, 2.45) is 5.73 Å². The summed E-state index contributed by atoms with van der Waals surface area (Å²) in [6.07, 6.45) is 1.88. The summed E-state index contributed by atoms with van der Waals surface area (Å²) in [6.45, 7) is 6.79. The van der Waals surface area contributed by atoms with Gasteiger partial charge in [0.25, 0.3) is 0 Å². The SMILES string of the molecule is CCC(N)Cc1cc(C)ccc1OC(C)COC. The second-order valence-electron chi connectivity index (χ2n) is 4.87. The van der Waals surface area contributed by atoms with Crippen LogP contribution in [0.25, 0.3) is 0 Å². The van der Waals surface area contributed by atoms with E-state index in [1.54, 1.807) is 7.11 Å². The lowest BCUT2D eigenvalue weighted by Crippen LogP contribution is -2.23. The highest BCUT2D eigenvalue weighted by Gasteiger charge is 2.11. The van der Waals surface area contributed by atoms with Gasteiger partial charge in [-0.2, -0.15) is 0 Å². The lowest BCUT2D eigenvalue weighted by molar-refractivity contribution is 0.0913. The van der Waals surface area contributed by atoms with Crippen molar-refractivity contribution in [2.45, 2.75) is 45.8 Å². The first-order valence-electron chi connectivity index (χ1n) is 6.57. The van der Waals surface area contributed by atoms with E-state index in [4.69, 9.17) is 15.2 Å². The maximum absolute atomic E-state index is 6.03. The van der Waals surface area contributed by atoms with Gasteiger partial charge in [0.2, 0.25) is 0 Å². The van der Waals surface area contributed by atoms with Gasteiger partial charge in [-0.25, -0.2) is 0 Å². The maximum atomic E-state index is 6.03. The Balaban J connectivity index is 2.82. The molecule has 0 saturated carbocycles. The lowest BCUT2D eigenvalue weighted by Gasteiger charge is -2.19. The van der Waals surface area contributed by atoms with Gasteiger partial charge in [0.05, 0.1) is 6.61 Å². The van der Waals surface area contributed by atoms with Crippen LogP contribution in [0.5, 0.6) is 5.75 Å². The molecule has 1 rings (SSSR count). The normalized spacial score (nSPS) is 14.3. The molecule has 0 aromatic heterocycles. The number of benzene rings is 1. The molecule has 1 aromatic carbocycles. The van der Waals surface area contributed by atoms with Crippen molar-refractivity contribution >= 4 is 0 Å². The molecule has 102 valence electrons. The monoisotopic (exact) mass is 251 g/mol. The highest BCUT2D eigenvalue weighted by Crippen LogP contribution is 2.23. The molecule has 0 fully saturated rings. The molecule has 3 nitrogen and oxygen atoms in total. The molecule has 0 aliphatic rings. The average molecular weight is 251 g/mol. The Kier molecular flexibility index (Phi) is 6.16. The maximum Gasteiger partial charge on any atom is 0.123 e. The van der Waals surface area contributed by atoms with Gasteiger partial charge in [-0.05, 0) is 38.3 Å². The molecular weight excluding hydrogens is 226 g/mol. The van der Waals surface area contributed by atoms with E-state index in [2.05, 4.69) is 26.0 Å². The predicted octanol–water partition coefficient (Wildman–Crippen LogP) is 2.69. The molecule has 0 amide bonds. The summed E-state index contributed by atoms with van der Waals surface area (Å²) in [6, 6.07) is 6.44. The minimum atomic E-state index is 0.0503. The van der Waals surface area contributed by atoms with Crippen LogP contribution in [0.3, 0.4) is 0 Å². The Bertz CT molecular complexity index is 366. The molecule has 3 heteroatoms. The molecule has 0 spiro atoms. The quantitative estimate of drug-likeness (QED) is 0.810. The van der Waals surface area contributed by atoms with Crippen molar-refractivity contribution in [1.29, 1.82) is 0 Å². The first-order valence-corrected chi connectivity index (χ1v) is 6.57. The van der Waals surface area contributed by atoms with E-state index >= 15 is 0 Å². The van der Waals surface area contributed by atoms with Gasteiger partial charge in [0.15, 0.2) is 0 Å². The molecule has 2 unspecified atom stereocenters. The summed E-state index contributed by atoms with van der Waals surface area (Å²) in [5.74, 6) is 0.925. The van der Waals surface area contributed by atoms with Crippen molar-refractivity contribution < 1.29 is 9.47 Å². The van der Waals surface area contributed by atoms with Crippen LogP contribution in [0.15, 0.2) is 18.2 Å². The molecule has 0 radical (unpaired) electrons. The second-order valence-corrected chi connectivity index (χ2v) is 4.87. The average Bonchev–Trinajstić information content (AvgIpc) is 2.33. The third-order valence-corrected chi connectivity index (χ3v) is 2.95. The highest BCUT2D eigenvalue weighted by molar-refractivity contribution is 5.37. The zero-order valence-electron chi connectivity index (χ0n) is 11.9. The second kappa shape index (κ2) is 7.39. The van der Waals surface area contributed by atoms with Gasteiger partial charge in [-0.3, -0.25) is 0 Å². The molecule has 0 saturated heterocycles. The smallest absolute Gasteiger partial charge is 0.123 e. The Morgan fingerprint density at radius 2 is 2.06 bits per heavy atom. The molecule has 2 N–H and O–H groups in total. The van der Waals surface area contributed by atoms with Gasteiger partial charge in [0, 0.05) is 13.2 Å². The van der Waals surface area contributed by atoms with Gasteiger partial charge in [0.1, 0.15) is 11.9 Å². The van der Waals surface area contributed by atoms with Gasteiger partial charge in [-0.1, -0.05) is 24.6 Å². The number of methoxy groups -OCH3 is 1. The van der Waals surface area contributed by atoms with Crippen molar-refractivity contribution in [3.63, 3.8) is 0 Å². The molecule has 1 aromatic rings. The number of nitrogens with two attached hydrogens (primary N) is 1. The zero-order valence-corrected chi connectivity index (χ0v) is 11.9. The Morgan fingerprint density at radius 1 is 1.33 bits per heavy atom. The minimum Gasteiger partial charge on any atom is -0.488 e. The van der Waals surface area contributed by atoms with E-state index in [1.807, 2.05) is 13.0 Å². The fraction of sp³-hybridized carbons (Fsp3) is 0.600. The van der Waals surface area contributed by atoms with Crippen LogP contribution in [-0.4, -0.2) is 25.9 Å². The van der Waals surface area contributed by atoms with E-state index < -0.39 is 0 Å². The number of hydrogen-bond donors (Lipinski definition) is 1. The Labute approximate surface area is 110 Å². The highest BCUT2D eigenvalue weighted by atomic mass is 16.5. The van der Waals surface area contributed by atoms with Gasteiger partial charge in [-0.15, -0.1) is 0 Å². The summed E-state index contributed by atoms with van der Waals surface area (Å²) >= 11 is 0. The third kappa shape index (κ3) is 4.67. The summed E-state index contributed by atoms with van der Waals surface area (Å²) in [5, 5.41) is 0. The molecule has 0 aliphatic carbocycles. The van der Waals surface area contributed by atoms with Crippen LogP contribution < -0.4 is 10.5 Å². The fourth-order valence-electron chi connectivity index (χ4n) is 1.90. The van der Waals surface area contributed by atoms with Gasteiger partial charge < -0.3 is 15.2 Å². The van der Waals surface area contributed by atoms with Crippen molar-refractivity contribution in [3.05, 3.63) is 29.3 Å². The van der Waals surface area contributed by atoms with Crippen LogP contribution in [-0.2, 0) is 11.2 Å².